The van der Waals surface area contributed by atoms with Crippen LogP contribution in [0.4, 0.5) is 5.69 Å². The Bertz CT molecular complexity index is 400. The number of hydrazine groups is 1. The second-order valence-corrected chi connectivity index (χ2v) is 4.66. The van der Waals surface area contributed by atoms with Gasteiger partial charge in [0.05, 0.1) is 13.7 Å². The molecule has 0 atom stereocenters. The van der Waals surface area contributed by atoms with Gasteiger partial charge >= 0.3 is 0 Å². The lowest BCUT2D eigenvalue weighted by molar-refractivity contribution is -0.116. The highest BCUT2D eigenvalue weighted by Gasteiger charge is 2.10. The third-order valence-corrected chi connectivity index (χ3v) is 3.19. The van der Waals surface area contributed by atoms with Crippen molar-refractivity contribution in [3.8, 4) is 5.75 Å². The molecule has 0 bridgehead atoms. The second-order valence-electron chi connectivity index (χ2n) is 4.66. The Morgan fingerprint density at radius 1 is 1.21 bits per heavy atom. The van der Waals surface area contributed by atoms with Gasteiger partial charge in [0.25, 0.3) is 0 Å². The number of ether oxygens (including phenoxy) is 1. The number of methoxy groups -OCH3 is 1. The lowest BCUT2D eigenvalue weighted by Gasteiger charge is -2.26. The Labute approximate surface area is 113 Å². The molecule has 1 aliphatic heterocycles. The summed E-state index contributed by atoms with van der Waals surface area (Å²) in [6, 6.07) is 7.32. The maximum absolute atomic E-state index is 11.8. The molecule has 19 heavy (non-hydrogen) atoms. The second kappa shape index (κ2) is 7.11. The summed E-state index contributed by atoms with van der Waals surface area (Å²) in [5.41, 5.74) is 3.94. The molecule has 5 nitrogen and oxygen atoms in total. The summed E-state index contributed by atoms with van der Waals surface area (Å²) < 4.78 is 5.07. The van der Waals surface area contributed by atoms with Crippen LogP contribution in [0.3, 0.4) is 0 Å². The molecule has 2 N–H and O–H groups in total. The standard InChI is InChI=1S/C14H21N3O2/c1-19-13-7-5-12(6-8-13)16-14(18)11-15-17-9-3-2-4-10-17/h5-8,15H,2-4,9-11H2,1H3,(H,16,18). The van der Waals surface area contributed by atoms with Gasteiger partial charge in [0.1, 0.15) is 5.75 Å². The van der Waals surface area contributed by atoms with E-state index in [1.54, 1.807) is 7.11 Å². The molecular formula is C14H21N3O2. The van der Waals surface area contributed by atoms with Gasteiger partial charge < -0.3 is 10.1 Å². The highest BCUT2D eigenvalue weighted by atomic mass is 16.5. The van der Waals surface area contributed by atoms with Gasteiger partial charge in [0, 0.05) is 18.8 Å². The molecule has 0 spiro atoms. The molecular weight excluding hydrogens is 242 g/mol. The van der Waals surface area contributed by atoms with E-state index < -0.39 is 0 Å². The molecule has 2 rings (SSSR count). The number of carbonyl (C=O) groups is 1. The Hall–Kier alpha value is -1.59. The van der Waals surface area contributed by atoms with Gasteiger partial charge in [-0.05, 0) is 37.1 Å². The van der Waals surface area contributed by atoms with E-state index in [2.05, 4.69) is 15.8 Å². The first-order valence-electron chi connectivity index (χ1n) is 6.70. The lowest BCUT2D eigenvalue weighted by atomic mass is 10.2. The Kier molecular flexibility index (Phi) is 5.18. The molecule has 1 aromatic rings. The SMILES string of the molecule is COc1ccc(NC(=O)CNN2CCCCC2)cc1. The van der Waals surface area contributed by atoms with E-state index in [0.29, 0.717) is 6.54 Å². The van der Waals surface area contributed by atoms with Crippen molar-refractivity contribution in [2.75, 3.05) is 32.1 Å². The van der Waals surface area contributed by atoms with E-state index in [1.807, 2.05) is 24.3 Å². The Morgan fingerprint density at radius 3 is 2.53 bits per heavy atom. The third-order valence-electron chi connectivity index (χ3n) is 3.19. The molecule has 1 fully saturated rings. The first-order chi connectivity index (χ1) is 9.28. The summed E-state index contributed by atoms with van der Waals surface area (Å²) in [6.07, 6.45) is 3.69. The number of nitrogens with one attached hydrogen (secondary N) is 2. The zero-order valence-electron chi connectivity index (χ0n) is 11.3. The van der Waals surface area contributed by atoms with E-state index in [-0.39, 0.29) is 5.91 Å². The van der Waals surface area contributed by atoms with E-state index >= 15 is 0 Å². The topological polar surface area (TPSA) is 53.6 Å². The minimum atomic E-state index is -0.0317. The van der Waals surface area contributed by atoms with Crippen LogP contribution in [-0.4, -0.2) is 37.7 Å². The van der Waals surface area contributed by atoms with E-state index in [4.69, 9.17) is 4.74 Å². The van der Waals surface area contributed by atoms with Gasteiger partial charge in [0.15, 0.2) is 0 Å². The minimum Gasteiger partial charge on any atom is -0.497 e. The summed E-state index contributed by atoms with van der Waals surface area (Å²) in [4.78, 5) is 11.8. The number of hydrogen-bond donors (Lipinski definition) is 2. The summed E-state index contributed by atoms with van der Waals surface area (Å²) in [5.74, 6) is 0.750. The predicted octanol–water partition coefficient (Wildman–Crippen LogP) is 1.62. The monoisotopic (exact) mass is 263 g/mol. The van der Waals surface area contributed by atoms with Crippen molar-refractivity contribution < 1.29 is 9.53 Å². The maximum Gasteiger partial charge on any atom is 0.239 e. The minimum absolute atomic E-state index is 0.0317. The number of hydrogen-bond acceptors (Lipinski definition) is 4. The van der Waals surface area contributed by atoms with Crippen molar-refractivity contribution >= 4 is 11.6 Å². The quantitative estimate of drug-likeness (QED) is 0.847. The van der Waals surface area contributed by atoms with Crippen molar-refractivity contribution in [3.05, 3.63) is 24.3 Å². The van der Waals surface area contributed by atoms with Crippen molar-refractivity contribution in [1.29, 1.82) is 0 Å². The van der Waals surface area contributed by atoms with Crippen LogP contribution in [0.25, 0.3) is 0 Å². The molecule has 0 saturated carbocycles. The molecule has 1 amide bonds. The van der Waals surface area contributed by atoms with Gasteiger partial charge in [-0.3, -0.25) is 4.79 Å². The fourth-order valence-electron chi connectivity index (χ4n) is 2.12. The van der Waals surface area contributed by atoms with Crippen molar-refractivity contribution in [1.82, 2.24) is 10.4 Å². The fourth-order valence-corrected chi connectivity index (χ4v) is 2.12. The number of piperidine rings is 1. The normalized spacial score (nSPS) is 16.1. The maximum atomic E-state index is 11.8. The number of nitrogens with zero attached hydrogens (tertiary/aromatic N) is 1. The number of benzene rings is 1. The molecule has 104 valence electrons. The zero-order chi connectivity index (χ0) is 13.5. The number of rotatable bonds is 5. The van der Waals surface area contributed by atoms with E-state index in [9.17, 15) is 4.79 Å². The third kappa shape index (κ3) is 4.54. The molecule has 1 aliphatic rings. The van der Waals surface area contributed by atoms with Crippen LogP contribution >= 0.6 is 0 Å². The molecule has 5 heteroatoms. The zero-order valence-corrected chi connectivity index (χ0v) is 11.3. The van der Waals surface area contributed by atoms with Crippen molar-refractivity contribution in [2.24, 2.45) is 0 Å². The molecule has 0 unspecified atom stereocenters. The molecule has 0 aromatic heterocycles. The van der Waals surface area contributed by atoms with Crippen LogP contribution in [0.5, 0.6) is 5.75 Å². The molecule has 1 heterocycles. The number of carbonyl (C=O) groups excluding carboxylic acids is 1. The highest BCUT2D eigenvalue weighted by Crippen LogP contribution is 2.14. The highest BCUT2D eigenvalue weighted by molar-refractivity contribution is 5.92. The smallest absolute Gasteiger partial charge is 0.239 e. The summed E-state index contributed by atoms with van der Waals surface area (Å²) >= 11 is 0. The van der Waals surface area contributed by atoms with Crippen LogP contribution in [0.1, 0.15) is 19.3 Å². The molecule has 0 radical (unpaired) electrons. The van der Waals surface area contributed by atoms with Gasteiger partial charge in [-0.2, -0.15) is 0 Å². The van der Waals surface area contributed by atoms with Gasteiger partial charge in [-0.1, -0.05) is 6.42 Å². The number of amides is 1. The molecule has 0 aliphatic carbocycles. The van der Waals surface area contributed by atoms with Crippen LogP contribution in [0.15, 0.2) is 24.3 Å². The molecule has 1 aromatic carbocycles. The Balaban J connectivity index is 1.73. The average molecular weight is 263 g/mol. The van der Waals surface area contributed by atoms with Crippen LogP contribution in [0.2, 0.25) is 0 Å². The van der Waals surface area contributed by atoms with Crippen LogP contribution in [-0.2, 0) is 4.79 Å². The summed E-state index contributed by atoms with van der Waals surface area (Å²) in [6.45, 7) is 2.36. The predicted molar refractivity (Wildman–Crippen MR) is 75.1 cm³/mol. The van der Waals surface area contributed by atoms with E-state index in [1.165, 1.54) is 19.3 Å². The van der Waals surface area contributed by atoms with Crippen LogP contribution < -0.4 is 15.5 Å². The van der Waals surface area contributed by atoms with Crippen molar-refractivity contribution in [3.63, 3.8) is 0 Å². The molecule has 1 saturated heterocycles. The van der Waals surface area contributed by atoms with Crippen molar-refractivity contribution in [2.45, 2.75) is 19.3 Å². The summed E-state index contributed by atoms with van der Waals surface area (Å²) in [5, 5.41) is 4.97. The lowest BCUT2D eigenvalue weighted by Crippen LogP contribution is -2.45. The first kappa shape index (κ1) is 13.8. The Morgan fingerprint density at radius 2 is 1.89 bits per heavy atom. The average Bonchev–Trinajstić information content (AvgIpc) is 2.47. The fraction of sp³-hybridized carbons (Fsp3) is 0.500. The van der Waals surface area contributed by atoms with Gasteiger partial charge in [-0.15, -0.1) is 0 Å². The van der Waals surface area contributed by atoms with Crippen LogP contribution in [0, 0.1) is 0 Å². The first-order valence-corrected chi connectivity index (χ1v) is 6.70. The van der Waals surface area contributed by atoms with Gasteiger partial charge in [-0.25, -0.2) is 10.4 Å². The largest absolute Gasteiger partial charge is 0.497 e. The van der Waals surface area contributed by atoms with E-state index in [0.717, 1.165) is 24.5 Å². The number of anilines is 1. The summed E-state index contributed by atoms with van der Waals surface area (Å²) in [7, 11) is 1.62. The van der Waals surface area contributed by atoms with Gasteiger partial charge in [0.2, 0.25) is 5.91 Å².